The average Bonchev–Trinajstić information content (AvgIpc) is 2.38. The van der Waals surface area contributed by atoms with Gasteiger partial charge in [0.1, 0.15) is 19.5 Å². The summed E-state index contributed by atoms with van der Waals surface area (Å²) in [5.41, 5.74) is -2.92. The summed E-state index contributed by atoms with van der Waals surface area (Å²) < 4.78 is 5.11. The summed E-state index contributed by atoms with van der Waals surface area (Å²) in [6, 6.07) is 0. The van der Waals surface area contributed by atoms with Crippen LogP contribution < -0.4 is 4.90 Å². The van der Waals surface area contributed by atoms with E-state index in [2.05, 4.69) is 0 Å². The van der Waals surface area contributed by atoms with Gasteiger partial charge in [0, 0.05) is 16.3 Å². The first-order chi connectivity index (χ1) is 9.40. The highest BCUT2D eigenvalue weighted by Crippen LogP contribution is 2.40. The number of quaternary nitrogens is 1. The Labute approximate surface area is 115 Å². The molecule has 2 rings (SSSR count). The Morgan fingerprint density at radius 1 is 1.40 bits per heavy atom. The van der Waals surface area contributed by atoms with Gasteiger partial charge in [0.25, 0.3) is 5.54 Å². The Kier molecular flexibility index (Phi) is 3.65. The number of hydrogen-bond donors (Lipinski definition) is 2. The van der Waals surface area contributed by atoms with Gasteiger partial charge in [-0.1, -0.05) is 0 Å². The van der Waals surface area contributed by atoms with E-state index in [1.54, 1.807) is 0 Å². The van der Waals surface area contributed by atoms with Crippen molar-refractivity contribution in [3.63, 3.8) is 0 Å². The smallest absolute Gasteiger partial charge is 0.331 e. The van der Waals surface area contributed by atoms with Crippen LogP contribution in [0.2, 0.25) is 0 Å². The second-order valence-corrected chi connectivity index (χ2v) is 5.50. The molecule has 1 aliphatic heterocycles. The molecule has 1 saturated heterocycles. The minimum Gasteiger partial charge on any atom is -0.494 e. The quantitative estimate of drug-likeness (QED) is 0.456. The largest absolute Gasteiger partial charge is 0.494 e. The van der Waals surface area contributed by atoms with Gasteiger partial charge in [0.05, 0.1) is 13.7 Å². The van der Waals surface area contributed by atoms with Crippen LogP contribution >= 0.6 is 0 Å². The molecule has 0 aromatic carbocycles. The molecule has 2 N–H and O–H groups in total. The first-order valence-electron chi connectivity index (χ1n) is 6.38. The summed E-state index contributed by atoms with van der Waals surface area (Å²) in [7, 11) is 1.34. The highest BCUT2D eigenvalue weighted by atomic mass is 16.6. The summed E-state index contributed by atoms with van der Waals surface area (Å²) in [4.78, 5) is 22.8. The van der Waals surface area contributed by atoms with Crippen LogP contribution in [0.3, 0.4) is 0 Å². The standard InChI is InChI=1S/C11H17N3O6/c1-20-9-2-3-10(13(16)17)6-11(9,14(18)19)8-12(7-10)4-5-15/h2,15H,3-8H2,1H3/p+1. The van der Waals surface area contributed by atoms with Crippen LogP contribution in [-0.4, -0.2) is 59.4 Å². The zero-order valence-corrected chi connectivity index (χ0v) is 11.2. The minimum atomic E-state index is -1.57. The summed E-state index contributed by atoms with van der Waals surface area (Å²) in [6.07, 6.45) is 1.44. The van der Waals surface area contributed by atoms with Crippen molar-refractivity contribution in [2.75, 3.05) is 33.4 Å². The van der Waals surface area contributed by atoms with E-state index in [0.717, 1.165) is 0 Å². The maximum Gasteiger partial charge on any atom is 0.331 e. The lowest BCUT2D eigenvalue weighted by Gasteiger charge is -2.42. The molecule has 9 heteroatoms. The summed E-state index contributed by atoms with van der Waals surface area (Å²) >= 11 is 0. The lowest BCUT2D eigenvalue weighted by atomic mass is 9.71. The number of hydrogen-bond acceptors (Lipinski definition) is 6. The Bertz CT molecular complexity index is 467. The Morgan fingerprint density at radius 3 is 2.60 bits per heavy atom. The van der Waals surface area contributed by atoms with E-state index in [1.165, 1.54) is 13.2 Å². The lowest BCUT2D eigenvalue weighted by Crippen LogP contribution is -3.18. The van der Waals surface area contributed by atoms with Gasteiger partial charge in [0.15, 0.2) is 12.3 Å². The van der Waals surface area contributed by atoms with Gasteiger partial charge in [0.2, 0.25) is 0 Å². The van der Waals surface area contributed by atoms with E-state index >= 15 is 0 Å². The summed E-state index contributed by atoms with van der Waals surface area (Å²) in [5.74, 6) is 0.190. The van der Waals surface area contributed by atoms with Crippen LogP contribution in [0.15, 0.2) is 11.8 Å². The van der Waals surface area contributed by atoms with E-state index < -0.39 is 20.9 Å². The van der Waals surface area contributed by atoms with E-state index in [4.69, 9.17) is 9.84 Å². The summed E-state index contributed by atoms with van der Waals surface area (Å²) in [6.45, 7) is 0.366. The number of fused-ring (bicyclic) bond motifs is 2. The maximum absolute atomic E-state index is 11.6. The van der Waals surface area contributed by atoms with E-state index in [0.29, 0.717) is 4.90 Å². The number of aliphatic hydroxyl groups excluding tert-OH is 1. The van der Waals surface area contributed by atoms with Crippen LogP contribution in [0, 0.1) is 20.2 Å². The van der Waals surface area contributed by atoms with Crippen molar-refractivity contribution >= 4 is 0 Å². The fraction of sp³-hybridized carbons (Fsp3) is 0.818. The SMILES string of the molecule is COC1=CCC2([N+](=O)[O-])C[NH+](CCO)CC1([N+](=O)[O-])C2. The van der Waals surface area contributed by atoms with Gasteiger partial charge in [-0.15, -0.1) is 0 Å². The molecule has 0 aromatic rings. The molecule has 1 fully saturated rings. The number of nitrogens with one attached hydrogen (secondary N) is 1. The highest BCUT2D eigenvalue weighted by molar-refractivity contribution is 5.20. The molecule has 112 valence electrons. The predicted octanol–water partition coefficient (Wildman–Crippen LogP) is -1.77. The number of likely N-dealkylation sites (tertiary alicyclic amines) is 1. The molecule has 0 amide bonds. The van der Waals surface area contributed by atoms with Gasteiger partial charge in [-0.3, -0.25) is 20.2 Å². The number of ether oxygens (including phenoxy) is 1. The molecule has 1 heterocycles. The monoisotopic (exact) mass is 288 g/mol. The third kappa shape index (κ3) is 2.02. The highest BCUT2D eigenvalue weighted by Gasteiger charge is 2.69. The first kappa shape index (κ1) is 14.7. The molecule has 2 aliphatic rings. The number of methoxy groups -OCH3 is 1. The maximum atomic E-state index is 11.6. The number of nitro groups is 2. The molecule has 0 saturated carbocycles. The Hall–Kier alpha value is -1.74. The average molecular weight is 288 g/mol. The molecule has 3 atom stereocenters. The zero-order chi connectivity index (χ0) is 15.0. The second kappa shape index (κ2) is 4.98. The Morgan fingerprint density at radius 2 is 2.10 bits per heavy atom. The van der Waals surface area contributed by atoms with Crippen LogP contribution in [0.1, 0.15) is 12.8 Å². The second-order valence-electron chi connectivity index (χ2n) is 5.50. The van der Waals surface area contributed by atoms with Crippen molar-refractivity contribution in [1.29, 1.82) is 0 Å². The van der Waals surface area contributed by atoms with Crippen molar-refractivity contribution in [3.8, 4) is 0 Å². The van der Waals surface area contributed by atoms with E-state index in [9.17, 15) is 20.2 Å². The molecular weight excluding hydrogens is 270 g/mol. The third-order valence-electron chi connectivity index (χ3n) is 4.29. The van der Waals surface area contributed by atoms with Gasteiger partial charge in [-0.05, 0) is 6.08 Å². The van der Waals surface area contributed by atoms with Gasteiger partial charge in [-0.2, -0.15) is 0 Å². The summed E-state index contributed by atoms with van der Waals surface area (Å²) in [5, 5.41) is 32.0. The molecule has 0 spiro atoms. The van der Waals surface area contributed by atoms with Crippen molar-refractivity contribution in [2.24, 2.45) is 0 Å². The third-order valence-corrected chi connectivity index (χ3v) is 4.29. The van der Waals surface area contributed by atoms with Crippen LogP contribution in [0.4, 0.5) is 0 Å². The minimum absolute atomic E-state index is 0.0931. The molecule has 0 radical (unpaired) electrons. The van der Waals surface area contributed by atoms with E-state index in [1.807, 2.05) is 0 Å². The number of piperidine rings is 1. The van der Waals surface area contributed by atoms with Crippen LogP contribution in [0.25, 0.3) is 0 Å². The van der Waals surface area contributed by atoms with Crippen molar-refractivity contribution < 1.29 is 24.6 Å². The fourth-order valence-electron chi connectivity index (χ4n) is 3.43. The fourth-order valence-corrected chi connectivity index (χ4v) is 3.43. The van der Waals surface area contributed by atoms with Gasteiger partial charge >= 0.3 is 5.54 Å². The normalized spacial score (nSPS) is 36.1. The van der Waals surface area contributed by atoms with Gasteiger partial charge in [-0.25, -0.2) is 0 Å². The zero-order valence-electron chi connectivity index (χ0n) is 11.2. The van der Waals surface area contributed by atoms with Gasteiger partial charge < -0.3 is 14.7 Å². The topological polar surface area (TPSA) is 120 Å². The number of aliphatic hydroxyl groups is 1. The molecule has 0 aromatic heterocycles. The Balaban J connectivity index is 2.49. The lowest BCUT2D eigenvalue weighted by molar-refractivity contribution is -0.944. The van der Waals surface area contributed by atoms with Crippen LogP contribution in [-0.2, 0) is 4.74 Å². The molecule has 2 bridgehead atoms. The number of rotatable bonds is 5. The van der Waals surface area contributed by atoms with Crippen molar-refractivity contribution in [2.45, 2.75) is 23.9 Å². The molecule has 20 heavy (non-hydrogen) atoms. The molecular formula is C11H18N3O6+. The molecule has 9 nitrogen and oxygen atoms in total. The van der Waals surface area contributed by atoms with Crippen molar-refractivity contribution in [1.82, 2.24) is 0 Å². The predicted molar refractivity (Wildman–Crippen MR) is 66.4 cm³/mol. The number of nitrogens with zero attached hydrogens (tertiary/aromatic N) is 2. The first-order valence-corrected chi connectivity index (χ1v) is 6.38. The molecule has 3 unspecified atom stereocenters. The van der Waals surface area contributed by atoms with Crippen molar-refractivity contribution in [3.05, 3.63) is 32.1 Å². The molecule has 1 aliphatic carbocycles. The van der Waals surface area contributed by atoms with E-state index in [-0.39, 0.29) is 44.8 Å². The van der Waals surface area contributed by atoms with Crippen LogP contribution in [0.5, 0.6) is 0 Å².